The highest BCUT2D eigenvalue weighted by molar-refractivity contribution is 6.32. The molecule has 0 aliphatic carbocycles. The van der Waals surface area contributed by atoms with E-state index in [0.29, 0.717) is 11.0 Å². The Kier molecular flexibility index (Phi) is 2.17. The molecule has 0 amide bonds. The van der Waals surface area contributed by atoms with Crippen LogP contribution in [0.5, 0.6) is 0 Å². The zero-order valence-corrected chi connectivity index (χ0v) is 7.78. The quantitative estimate of drug-likeness (QED) is 0.571. The lowest BCUT2D eigenvalue weighted by atomic mass is 10.3. The standard InChI is InChI=1S/C9H5ClN4/c10-8-9(12-5-11)14-7-4-2-1-3-6(7)13-8/h1-4H,(H,12,14). The van der Waals surface area contributed by atoms with Gasteiger partial charge in [0.25, 0.3) is 0 Å². The lowest BCUT2D eigenvalue weighted by Crippen LogP contribution is -1.95. The summed E-state index contributed by atoms with van der Waals surface area (Å²) >= 11 is 5.79. The van der Waals surface area contributed by atoms with Gasteiger partial charge in [0, 0.05) is 0 Å². The second kappa shape index (κ2) is 3.48. The predicted molar refractivity (Wildman–Crippen MR) is 53.8 cm³/mol. The average molecular weight is 205 g/mol. The van der Waals surface area contributed by atoms with Crippen LogP contribution in [-0.4, -0.2) is 9.97 Å². The predicted octanol–water partition coefficient (Wildman–Crippen LogP) is 2.18. The van der Waals surface area contributed by atoms with Crippen molar-refractivity contribution in [2.24, 2.45) is 0 Å². The molecule has 5 heteroatoms. The van der Waals surface area contributed by atoms with Crippen molar-refractivity contribution in [1.82, 2.24) is 9.97 Å². The number of benzene rings is 1. The van der Waals surface area contributed by atoms with Gasteiger partial charge in [-0.05, 0) is 12.1 Å². The maximum absolute atomic E-state index is 8.43. The number of fused-ring (bicyclic) bond motifs is 1. The second-order valence-corrected chi connectivity index (χ2v) is 2.95. The number of halogens is 1. The van der Waals surface area contributed by atoms with Crippen molar-refractivity contribution in [1.29, 1.82) is 5.26 Å². The zero-order chi connectivity index (χ0) is 9.97. The number of nitriles is 1. The Bertz CT molecular complexity index is 518. The topological polar surface area (TPSA) is 61.6 Å². The molecule has 0 bridgehead atoms. The van der Waals surface area contributed by atoms with Gasteiger partial charge in [-0.15, -0.1) is 0 Å². The Morgan fingerprint density at radius 1 is 1.21 bits per heavy atom. The first-order valence-electron chi connectivity index (χ1n) is 3.88. The summed E-state index contributed by atoms with van der Waals surface area (Å²) in [4.78, 5) is 8.22. The molecule has 0 aliphatic heterocycles. The number of hydrogen-bond acceptors (Lipinski definition) is 4. The summed E-state index contributed by atoms with van der Waals surface area (Å²) in [5, 5.41) is 11.0. The summed E-state index contributed by atoms with van der Waals surface area (Å²) in [6.07, 6.45) is 1.75. The van der Waals surface area contributed by atoms with Crippen molar-refractivity contribution >= 4 is 28.5 Å². The molecule has 0 unspecified atom stereocenters. The number of para-hydroxylation sites is 2. The monoisotopic (exact) mass is 204 g/mol. The Morgan fingerprint density at radius 3 is 2.50 bits per heavy atom. The normalized spacial score (nSPS) is 9.71. The van der Waals surface area contributed by atoms with Crippen molar-refractivity contribution in [3.8, 4) is 6.19 Å². The van der Waals surface area contributed by atoms with Crippen LogP contribution in [-0.2, 0) is 0 Å². The molecule has 0 saturated heterocycles. The maximum atomic E-state index is 8.43. The first kappa shape index (κ1) is 8.73. The first-order chi connectivity index (χ1) is 6.81. The van der Waals surface area contributed by atoms with Crippen molar-refractivity contribution in [3.05, 3.63) is 29.4 Å². The number of hydrogen-bond donors (Lipinski definition) is 1. The molecule has 0 saturated carbocycles. The molecule has 1 N–H and O–H groups in total. The molecular formula is C9H5ClN4. The average Bonchev–Trinajstić information content (AvgIpc) is 2.19. The fraction of sp³-hybridized carbons (Fsp3) is 0. The van der Waals surface area contributed by atoms with Crippen LogP contribution in [0.15, 0.2) is 24.3 Å². The van der Waals surface area contributed by atoms with Crippen molar-refractivity contribution in [2.75, 3.05) is 5.32 Å². The van der Waals surface area contributed by atoms with E-state index in [1.807, 2.05) is 18.2 Å². The Hall–Kier alpha value is -1.86. The van der Waals surface area contributed by atoms with Crippen LogP contribution >= 0.6 is 11.6 Å². The van der Waals surface area contributed by atoms with E-state index >= 15 is 0 Å². The van der Waals surface area contributed by atoms with Crippen LogP contribution in [0.25, 0.3) is 11.0 Å². The van der Waals surface area contributed by atoms with E-state index in [0.717, 1.165) is 0 Å². The molecule has 2 rings (SSSR count). The molecule has 4 nitrogen and oxygen atoms in total. The maximum Gasteiger partial charge on any atom is 0.182 e. The van der Waals surface area contributed by atoms with Crippen LogP contribution in [0.3, 0.4) is 0 Å². The minimum Gasteiger partial charge on any atom is -0.274 e. The smallest absolute Gasteiger partial charge is 0.182 e. The zero-order valence-electron chi connectivity index (χ0n) is 7.03. The van der Waals surface area contributed by atoms with Gasteiger partial charge in [0.1, 0.15) is 0 Å². The van der Waals surface area contributed by atoms with E-state index in [9.17, 15) is 0 Å². The molecule has 0 aliphatic rings. The lowest BCUT2D eigenvalue weighted by molar-refractivity contribution is 1.28. The summed E-state index contributed by atoms with van der Waals surface area (Å²) in [7, 11) is 0. The highest BCUT2D eigenvalue weighted by Crippen LogP contribution is 2.20. The molecule has 1 heterocycles. The molecule has 0 atom stereocenters. The Balaban J connectivity index is 2.66. The minimum absolute atomic E-state index is 0.199. The van der Waals surface area contributed by atoms with Gasteiger partial charge in [-0.1, -0.05) is 23.7 Å². The number of anilines is 1. The van der Waals surface area contributed by atoms with Crippen LogP contribution < -0.4 is 5.32 Å². The van der Waals surface area contributed by atoms with Crippen molar-refractivity contribution in [2.45, 2.75) is 0 Å². The third-order valence-corrected chi connectivity index (χ3v) is 1.97. The van der Waals surface area contributed by atoms with E-state index < -0.39 is 0 Å². The molecular weight excluding hydrogens is 200 g/mol. The van der Waals surface area contributed by atoms with Gasteiger partial charge in [0.15, 0.2) is 17.2 Å². The van der Waals surface area contributed by atoms with E-state index in [2.05, 4.69) is 15.3 Å². The van der Waals surface area contributed by atoms with Crippen LogP contribution in [0, 0.1) is 11.5 Å². The van der Waals surface area contributed by atoms with Crippen LogP contribution in [0.2, 0.25) is 5.15 Å². The number of nitrogens with one attached hydrogen (secondary N) is 1. The van der Waals surface area contributed by atoms with Crippen molar-refractivity contribution < 1.29 is 0 Å². The largest absolute Gasteiger partial charge is 0.274 e. The Morgan fingerprint density at radius 2 is 1.86 bits per heavy atom. The summed E-state index contributed by atoms with van der Waals surface area (Å²) in [5.41, 5.74) is 1.41. The van der Waals surface area contributed by atoms with Crippen molar-refractivity contribution in [3.63, 3.8) is 0 Å². The molecule has 0 spiro atoms. The molecule has 2 aromatic rings. The fourth-order valence-electron chi connectivity index (χ4n) is 1.11. The summed E-state index contributed by atoms with van der Waals surface area (Å²) in [6.45, 7) is 0. The highest BCUT2D eigenvalue weighted by Gasteiger charge is 2.04. The summed E-state index contributed by atoms with van der Waals surface area (Å²) < 4.78 is 0. The number of rotatable bonds is 1. The van der Waals surface area contributed by atoms with Gasteiger partial charge in [0.2, 0.25) is 0 Å². The minimum atomic E-state index is 0.199. The van der Waals surface area contributed by atoms with Gasteiger partial charge >= 0.3 is 0 Å². The highest BCUT2D eigenvalue weighted by atomic mass is 35.5. The lowest BCUT2D eigenvalue weighted by Gasteiger charge is -2.01. The third-order valence-electron chi connectivity index (χ3n) is 1.70. The summed E-state index contributed by atoms with van der Waals surface area (Å²) in [6, 6.07) is 7.32. The third kappa shape index (κ3) is 1.45. The fourth-order valence-corrected chi connectivity index (χ4v) is 1.29. The van der Waals surface area contributed by atoms with E-state index in [1.54, 1.807) is 12.3 Å². The van der Waals surface area contributed by atoms with Crippen LogP contribution in [0.1, 0.15) is 0 Å². The number of nitrogens with zero attached hydrogens (tertiary/aromatic N) is 3. The molecule has 68 valence electrons. The molecule has 1 aromatic heterocycles. The van der Waals surface area contributed by atoms with Crippen LogP contribution in [0.4, 0.5) is 5.82 Å². The van der Waals surface area contributed by atoms with E-state index in [4.69, 9.17) is 16.9 Å². The SMILES string of the molecule is N#CNc1nc2ccccc2nc1Cl. The molecule has 0 radical (unpaired) electrons. The Labute approximate surface area is 85.2 Å². The van der Waals surface area contributed by atoms with Gasteiger partial charge in [-0.25, -0.2) is 9.97 Å². The molecule has 0 fully saturated rings. The first-order valence-corrected chi connectivity index (χ1v) is 4.26. The molecule has 14 heavy (non-hydrogen) atoms. The van der Waals surface area contributed by atoms with Gasteiger partial charge in [-0.2, -0.15) is 5.26 Å². The molecule has 1 aromatic carbocycles. The number of aromatic nitrogens is 2. The van der Waals surface area contributed by atoms with E-state index in [-0.39, 0.29) is 11.0 Å². The van der Waals surface area contributed by atoms with Gasteiger partial charge in [0.05, 0.1) is 11.0 Å². The summed E-state index contributed by atoms with van der Waals surface area (Å²) in [5.74, 6) is 0.285. The van der Waals surface area contributed by atoms with E-state index in [1.165, 1.54) is 0 Å². The second-order valence-electron chi connectivity index (χ2n) is 2.59. The van der Waals surface area contributed by atoms with Gasteiger partial charge < -0.3 is 0 Å². The van der Waals surface area contributed by atoms with Gasteiger partial charge in [-0.3, -0.25) is 5.32 Å².